The van der Waals surface area contributed by atoms with E-state index in [1.807, 2.05) is 30.5 Å². The number of rotatable bonds is 11. The van der Waals surface area contributed by atoms with E-state index < -0.39 is 0 Å². The van der Waals surface area contributed by atoms with Crippen LogP contribution in [0.3, 0.4) is 0 Å². The molecule has 0 aliphatic carbocycles. The maximum absolute atomic E-state index is 13.6. The monoisotopic (exact) mass is 497 g/mol. The standard InChI is InChI=1S/C28H28FN7O/c29-22-7-3-5-20(17-22)11-14-32-27-25(9-10-26(34-27)24-8-2-1-6-21(24)18-31)28(37)33-19-23-12-16-36(35-23)15-4-13-30/h1-3,5-10,12,16-17H,4,11,13-15,19,30H2,(H,32,34)(H,33,37). The number of amides is 1. The second-order valence-corrected chi connectivity index (χ2v) is 8.45. The van der Waals surface area contributed by atoms with Crippen LogP contribution in [0.2, 0.25) is 0 Å². The van der Waals surface area contributed by atoms with Gasteiger partial charge in [0.2, 0.25) is 0 Å². The van der Waals surface area contributed by atoms with E-state index in [2.05, 4.69) is 26.8 Å². The van der Waals surface area contributed by atoms with Crippen LogP contribution in [0.1, 0.15) is 33.6 Å². The van der Waals surface area contributed by atoms with Gasteiger partial charge in [0.25, 0.3) is 5.91 Å². The number of hydrogen-bond donors (Lipinski definition) is 3. The lowest BCUT2D eigenvalue weighted by Gasteiger charge is -2.14. The van der Waals surface area contributed by atoms with Crippen molar-refractivity contribution in [3.8, 4) is 17.3 Å². The van der Waals surface area contributed by atoms with Crippen molar-refractivity contribution in [1.29, 1.82) is 5.26 Å². The molecule has 4 rings (SSSR count). The SMILES string of the molecule is N#Cc1ccccc1-c1ccc(C(=O)NCc2ccn(CCCN)n2)c(NCCc2cccc(F)c2)n1. The fourth-order valence-electron chi connectivity index (χ4n) is 3.89. The van der Waals surface area contributed by atoms with Crippen molar-refractivity contribution < 1.29 is 9.18 Å². The number of nitriles is 1. The second kappa shape index (κ2) is 12.4. The van der Waals surface area contributed by atoms with Crippen molar-refractivity contribution in [3.63, 3.8) is 0 Å². The Hall–Kier alpha value is -4.55. The number of hydrogen-bond acceptors (Lipinski definition) is 6. The third-order valence-electron chi connectivity index (χ3n) is 5.78. The molecule has 0 unspecified atom stereocenters. The minimum Gasteiger partial charge on any atom is -0.369 e. The molecule has 8 nitrogen and oxygen atoms in total. The minimum absolute atomic E-state index is 0.260. The molecule has 0 spiro atoms. The maximum atomic E-state index is 13.6. The Morgan fingerprint density at radius 2 is 1.97 bits per heavy atom. The zero-order chi connectivity index (χ0) is 26.0. The molecule has 2 heterocycles. The lowest BCUT2D eigenvalue weighted by atomic mass is 10.0. The summed E-state index contributed by atoms with van der Waals surface area (Å²) in [5.41, 5.74) is 9.21. The van der Waals surface area contributed by atoms with Crippen LogP contribution in [0.4, 0.5) is 10.2 Å². The number of halogens is 1. The molecular formula is C28H28FN7O. The van der Waals surface area contributed by atoms with Crippen LogP contribution in [-0.4, -0.2) is 33.8 Å². The number of benzene rings is 2. The molecule has 9 heteroatoms. The summed E-state index contributed by atoms with van der Waals surface area (Å²) < 4.78 is 15.4. The summed E-state index contributed by atoms with van der Waals surface area (Å²) in [5.74, 6) is -0.221. The number of aryl methyl sites for hydroxylation is 1. The van der Waals surface area contributed by atoms with E-state index in [-0.39, 0.29) is 18.3 Å². The zero-order valence-electron chi connectivity index (χ0n) is 20.3. The first-order valence-electron chi connectivity index (χ1n) is 12.1. The van der Waals surface area contributed by atoms with Crippen molar-refractivity contribution in [2.24, 2.45) is 5.73 Å². The fourth-order valence-corrected chi connectivity index (χ4v) is 3.89. The highest BCUT2D eigenvalue weighted by atomic mass is 19.1. The predicted molar refractivity (Wildman–Crippen MR) is 140 cm³/mol. The van der Waals surface area contributed by atoms with E-state index in [1.165, 1.54) is 12.1 Å². The summed E-state index contributed by atoms with van der Waals surface area (Å²) in [7, 11) is 0. The van der Waals surface area contributed by atoms with E-state index in [0.29, 0.717) is 47.7 Å². The van der Waals surface area contributed by atoms with Crippen LogP contribution >= 0.6 is 0 Å². The molecule has 0 aliphatic heterocycles. The third-order valence-corrected chi connectivity index (χ3v) is 5.78. The number of carbonyl (C=O) groups excluding carboxylic acids is 1. The molecule has 0 saturated carbocycles. The Morgan fingerprint density at radius 1 is 1.11 bits per heavy atom. The highest BCUT2D eigenvalue weighted by Gasteiger charge is 2.16. The Bertz CT molecular complexity index is 1410. The fraction of sp³-hybridized carbons (Fsp3) is 0.214. The van der Waals surface area contributed by atoms with Gasteiger partial charge in [-0.15, -0.1) is 0 Å². The average molecular weight is 498 g/mol. The molecular weight excluding hydrogens is 469 g/mol. The molecule has 1 amide bonds. The van der Waals surface area contributed by atoms with Crippen LogP contribution in [0, 0.1) is 17.1 Å². The van der Waals surface area contributed by atoms with Crippen LogP contribution in [0.5, 0.6) is 0 Å². The van der Waals surface area contributed by atoms with Crippen LogP contribution in [0.15, 0.2) is 72.9 Å². The predicted octanol–water partition coefficient (Wildman–Crippen LogP) is 3.89. The van der Waals surface area contributed by atoms with Gasteiger partial charge in [-0.2, -0.15) is 10.4 Å². The van der Waals surface area contributed by atoms with E-state index in [4.69, 9.17) is 5.73 Å². The number of aromatic nitrogens is 3. The molecule has 2 aromatic heterocycles. The van der Waals surface area contributed by atoms with Gasteiger partial charge in [-0.3, -0.25) is 9.48 Å². The molecule has 188 valence electrons. The summed E-state index contributed by atoms with van der Waals surface area (Å²) >= 11 is 0. The summed E-state index contributed by atoms with van der Waals surface area (Å²) in [5, 5.41) is 20.1. The highest BCUT2D eigenvalue weighted by Crippen LogP contribution is 2.25. The van der Waals surface area contributed by atoms with Gasteiger partial charge in [-0.25, -0.2) is 9.37 Å². The molecule has 0 bridgehead atoms. The van der Waals surface area contributed by atoms with Crippen LogP contribution in [-0.2, 0) is 19.5 Å². The summed E-state index contributed by atoms with van der Waals surface area (Å²) in [6, 6.07) is 21.0. The van der Waals surface area contributed by atoms with Gasteiger partial charge in [0.05, 0.1) is 35.1 Å². The lowest BCUT2D eigenvalue weighted by Crippen LogP contribution is -2.25. The van der Waals surface area contributed by atoms with Crippen LogP contribution < -0.4 is 16.4 Å². The lowest BCUT2D eigenvalue weighted by molar-refractivity contribution is 0.0951. The van der Waals surface area contributed by atoms with Crippen molar-refractivity contribution in [3.05, 3.63) is 101 Å². The number of nitrogens with one attached hydrogen (secondary N) is 2. The van der Waals surface area contributed by atoms with Crippen LogP contribution in [0.25, 0.3) is 11.3 Å². The Balaban J connectivity index is 1.53. The smallest absolute Gasteiger partial charge is 0.255 e. The highest BCUT2D eigenvalue weighted by molar-refractivity contribution is 5.99. The molecule has 0 saturated heterocycles. The largest absolute Gasteiger partial charge is 0.369 e. The molecule has 2 aromatic carbocycles. The summed E-state index contributed by atoms with van der Waals surface area (Å²) in [4.78, 5) is 17.8. The number of nitrogens with zero attached hydrogens (tertiary/aromatic N) is 4. The van der Waals surface area contributed by atoms with E-state index in [1.54, 1.807) is 35.0 Å². The van der Waals surface area contributed by atoms with E-state index >= 15 is 0 Å². The molecule has 4 N–H and O–H groups in total. The minimum atomic E-state index is -0.308. The first kappa shape index (κ1) is 25.5. The van der Waals surface area contributed by atoms with E-state index in [0.717, 1.165) is 24.2 Å². The summed E-state index contributed by atoms with van der Waals surface area (Å²) in [6.07, 6.45) is 3.23. The first-order valence-corrected chi connectivity index (χ1v) is 12.1. The second-order valence-electron chi connectivity index (χ2n) is 8.45. The topological polar surface area (TPSA) is 122 Å². The first-order chi connectivity index (χ1) is 18.1. The number of pyridine rings is 1. The van der Waals surface area contributed by atoms with Gasteiger partial charge in [0.15, 0.2) is 0 Å². The van der Waals surface area contributed by atoms with Crippen molar-refractivity contribution in [2.75, 3.05) is 18.4 Å². The quantitative estimate of drug-likeness (QED) is 0.289. The van der Waals surface area contributed by atoms with E-state index in [9.17, 15) is 14.4 Å². The Morgan fingerprint density at radius 3 is 2.78 bits per heavy atom. The normalized spacial score (nSPS) is 10.6. The van der Waals surface area contributed by atoms with Gasteiger partial charge in [0, 0.05) is 24.8 Å². The Kier molecular flexibility index (Phi) is 8.57. The van der Waals surface area contributed by atoms with Gasteiger partial charge in [-0.1, -0.05) is 30.3 Å². The van der Waals surface area contributed by atoms with Gasteiger partial charge in [-0.05, 0) is 61.3 Å². The van der Waals surface area contributed by atoms with Crippen molar-refractivity contribution in [2.45, 2.75) is 25.9 Å². The summed E-state index contributed by atoms with van der Waals surface area (Å²) in [6.45, 7) is 2.00. The average Bonchev–Trinajstić information content (AvgIpc) is 3.38. The van der Waals surface area contributed by atoms with Crippen molar-refractivity contribution >= 4 is 11.7 Å². The zero-order valence-corrected chi connectivity index (χ0v) is 20.3. The molecule has 4 aromatic rings. The third kappa shape index (κ3) is 6.78. The van der Waals surface area contributed by atoms with Gasteiger partial charge >= 0.3 is 0 Å². The molecule has 0 atom stereocenters. The Labute approximate surface area is 215 Å². The van der Waals surface area contributed by atoms with Gasteiger partial charge in [0.1, 0.15) is 11.6 Å². The number of carbonyl (C=O) groups is 1. The molecule has 0 radical (unpaired) electrons. The van der Waals surface area contributed by atoms with Crippen molar-refractivity contribution in [1.82, 2.24) is 20.1 Å². The number of nitrogens with two attached hydrogens (primary N) is 1. The van der Waals surface area contributed by atoms with Gasteiger partial charge < -0.3 is 16.4 Å². The molecule has 0 aliphatic rings. The number of anilines is 1. The molecule has 37 heavy (non-hydrogen) atoms. The molecule has 0 fully saturated rings. The maximum Gasteiger partial charge on any atom is 0.255 e.